The van der Waals surface area contributed by atoms with E-state index in [1.54, 1.807) is 13.4 Å². The fourth-order valence-electron chi connectivity index (χ4n) is 1.95. The van der Waals surface area contributed by atoms with Crippen LogP contribution in [0.5, 0.6) is 0 Å². The first-order chi connectivity index (χ1) is 9.13. The normalized spacial score (nSPS) is 10.3. The van der Waals surface area contributed by atoms with Gasteiger partial charge in [0.1, 0.15) is 0 Å². The maximum Gasteiger partial charge on any atom is 0.251 e. The zero-order valence-corrected chi connectivity index (χ0v) is 11.4. The SMILES string of the molecule is CNC(=O)c1cccc(NCc2cncn2C)c1C. The van der Waals surface area contributed by atoms with E-state index in [4.69, 9.17) is 0 Å². The zero-order chi connectivity index (χ0) is 13.8. The monoisotopic (exact) mass is 258 g/mol. The summed E-state index contributed by atoms with van der Waals surface area (Å²) in [6.07, 6.45) is 3.59. The summed E-state index contributed by atoms with van der Waals surface area (Å²) >= 11 is 0. The third kappa shape index (κ3) is 2.76. The molecule has 0 bridgehead atoms. The number of nitrogens with one attached hydrogen (secondary N) is 2. The highest BCUT2D eigenvalue weighted by Crippen LogP contribution is 2.19. The molecule has 0 saturated carbocycles. The highest BCUT2D eigenvalue weighted by molar-refractivity contribution is 5.96. The molecule has 5 nitrogen and oxygen atoms in total. The molecule has 0 aliphatic carbocycles. The molecule has 1 heterocycles. The standard InChI is InChI=1S/C14H18N4O/c1-10-12(14(19)15-2)5-4-6-13(10)17-8-11-7-16-9-18(11)3/h4-7,9,17H,8H2,1-3H3,(H,15,19). The smallest absolute Gasteiger partial charge is 0.251 e. The van der Waals surface area contributed by atoms with Gasteiger partial charge in [-0.3, -0.25) is 4.79 Å². The molecule has 2 N–H and O–H groups in total. The largest absolute Gasteiger partial charge is 0.379 e. The van der Waals surface area contributed by atoms with Crippen LogP contribution in [0.1, 0.15) is 21.6 Å². The average molecular weight is 258 g/mol. The van der Waals surface area contributed by atoms with Gasteiger partial charge in [0.05, 0.1) is 18.6 Å². The molecule has 2 rings (SSSR count). The molecule has 0 radical (unpaired) electrons. The van der Waals surface area contributed by atoms with Gasteiger partial charge in [0.2, 0.25) is 0 Å². The Morgan fingerprint density at radius 3 is 2.84 bits per heavy atom. The first-order valence-corrected chi connectivity index (χ1v) is 6.14. The van der Waals surface area contributed by atoms with Crippen LogP contribution in [0.4, 0.5) is 5.69 Å². The minimum absolute atomic E-state index is 0.0679. The van der Waals surface area contributed by atoms with Gasteiger partial charge in [-0.05, 0) is 24.6 Å². The Kier molecular flexibility index (Phi) is 3.85. The molecular formula is C14H18N4O. The van der Waals surface area contributed by atoms with E-state index >= 15 is 0 Å². The third-order valence-corrected chi connectivity index (χ3v) is 3.18. The number of aryl methyl sites for hydroxylation is 1. The van der Waals surface area contributed by atoms with Crippen LogP contribution in [-0.2, 0) is 13.6 Å². The molecule has 1 aromatic heterocycles. The van der Waals surface area contributed by atoms with Crippen molar-refractivity contribution in [1.29, 1.82) is 0 Å². The first kappa shape index (κ1) is 13.1. The summed E-state index contributed by atoms with van der Waals surface area (Å²) in [5, 5.41) is 5.98. The van der Waals surface area contributed by atoms with Crippen LogP contribution >= 0.6 is 0 Å². The van der Waals surface area contributed by atoms with Gasteiger partial charge in [-0.25, -0.2) is 4.98 Å². The third-order valence-electron chi connectivity index (χ3n) is 3.18. The number of aromatic nitrogens is 2. The molecule has 1 aromatic carbocycles. The Morgan fingerprint density at radius 1 is 1.42 bits per heavy atom. The molecule has 0 aliphatic heterocycles. The predicted molar refractivity (Wildman–Crippen MR) is 75.1 cm³/mol. The predicted octanol–water partition coefficient (Wildman–Crippen LogP) is 1.70. The summed E-state index contributed by atoms with van der Waals surface area (Å²) in [7, 11) is 3.59. The second-order valence-electron chi connectivity index (χ2n) is 4.41. The average Bonchev–Trinajstić information content (AvgIpc) is 2.82. The van der Waals surface area contributed by atoms with E-state index in [1.165, 1.54) is 0 Å². The first-order valence-electron chi connectivity index (χ1n) is 6.14. The van der Waals surface area contributed by atoms with Crippen molar-refractivity contribution in [2.24, 2.45) is 7.05 Å². The van der Waals surface area contributed by atoms with Gasteiger partial charge in [-0.2, -0.15) is 0 Å². The second-order valence-corrected chi connectivity index (χ2v) is 4.41. The number of imidazole rings is 1. The van der Waals surface area contributed by atoms with Crippen LogP contribution in [0.15, 0.2) is 30.7 Å². The summed E-state index contributed by atoms with van der Waals surface area (Å²) in [5.74, 6) is -0.0679. The Balaban J connectivity index is 2.17. The van der Waals surface area contributed by atoms with E-state index < -0.39 is 0 Å². The lowest BCUT2D eigenvalue weighted by atomic mass is 10.1. The zero-order valence-electron chi connectivity index (χ0n) is 11.4. The Hall–Kier alpha value is -2.30. The summed E-state index contributed by atoms with van der Waals surface area (Å²) in [4.78, 5) is 15.8. The molecule has 0 saturated heterocycles. The van der Waals surface area contributed by atoms with Crippen molar-refractivity contribution in [2.75, 3.05) is 12.4 Å². The lowest BCUT2D eigenvalue weighted by Crippen LogP contribution is -2.19. The number of amides is 1. The Bertz CT molecular complexity index is 589. The van der Waals surface area contributed by atoms with Crippen molar-refractivity contribution < 1.29 is 4.79 Å². The summed E-state index contributed by atoms with van der Waals surface area (Å²) in [6, 6.07) is 5.67. The van der Waals surface area contributed by atoms with Gasteiger partial charge < -0.3 is 15.2 Å². The lowest BCUT2D eigenvalue weighted by molar-refractivity contribution is 0.0962. The maximum atomic E-state index is 11.7. The number of carbonyl (C=O) groups excluding carboxylic acids is 1. The fraction of sp³-hybridized carbons (Fsp3) is 0.286. The number of carbonyl (C=O) groups is 1. The minimum Gasteiger partial charge on any atom is -0.379 e. The van der Waals surface area contributed by atoms with Gasteiger partial charge in [0.15, 0.2) is 0 Å². The van der Waals surface area contributed by atoms with Crippen LogP contribution in [0.3, 0.4) is 0 Å². The van der Waals surface area contributed by atoms with Crippen LogP contribution < -0.4 is 10.6 Å². The number of hydrogen-bond donors (Lipinski definition) is 2. The van der Waals surface area contributed by atoms with E-state index in [0.29, 0.717) is 12.1 Å². The van der Waals surface area contributed by atoms with Crippen molar-refractivity contribution in [3.05, 3.63) is 47.5 Å². The van der Waals surface area contributed by atoms with Gasteiger partial charge in [0.25, 0.3) is 5.91 Å². The minimum atomic E-state index is -0.0679. The second kappa shape index (κ2) is 5.56. The van der Waals surface area contributed by atoms with Crippen molar-refractivity contribution >= 4 is 11.6 Å². The van der Waals surface area contributed by atoms with Crippen LogP contribution in [0.25, 0.3) is 0 Å². The lowest BCUT2D eigenvalue weighted by Gasteiger charge is -2.12. The van der Waals surface area contributed by atoms with Gasteiger partial charge in [-0.15, -0.1) is 0 Å². The highest BCUT2D eigenvalue weighted by Gasteiger charge is 2.10. The molecule has 0 unspecified atom stereocenters. The van der Waals surface area contributed by atoms with E-state index in [2.05, 4.69) is 15.6 Å². The van der Waals surface area contributed by atoms with Crippen molar-refractivity contribution in [1.82, 2.24) is 14.9 Å². The molecule has 19 heavy (non-hydrogen) atoms. The molecule has 5 heteroatoms. The number of anilines is 1. The molecule has 0 aliphatic rings. The van der Waals surface area contributed by atoms with Crippen LogP contribution in [0, 0.1) is 6.92 Å². The fourth-order valence-corrected chi connectivity index (χ4v) is 1.95. The summed E-state index contributed by atoms with van der Waals surface area (Å²) in [6.45, 7) is 2.62. The van der Waals surface area contributed by atoms with Crippen molar-refractivity contribution in [3.8, 4) is 0 Å². The molecule has 1 amide bonds. The molecule has 2 aromatic rings. The van der Waals surface area contributed by atoms with E-state index in [9.17, 15) is 4.79 Å². The maximum absolute atomic E-state index is 11.7. The molecule has 0 atom stereocenters. The summed E-state index contributed by atoms with van der Waals surface area (Å²) < 4.78 is 1.96. The van der Waals surface area contributed by atoms with Crippen LogP contribution in [0.2, 0.25) is 0 Å². The summed E-state index contributed by atoms with van der Waals surface area (Å²) in [5.41, 5.74) is 3.69. The quantitative estimate of drug-likeness (QED) is 0.877. The molecule has 0 spiro atoms. The molecular weight excluding hydrogens is 240 g/mol. The number of hydrogen-bond acceptors (Lipinski definition) is 3. The topological polar surface area (TPSA) is 59.0 Å². The van der Waals surface area contributed by atoms with Gasteiger partial charge >= 0.3 is 0 Å². The van der Waals surface area contributed by atoms with E-state index in [1.807, 2.05) is 42.9 Å². The number of nitrogens with zero attached hydrogens (tertiary/aromatic N) is 2. The molecule has 0 fully saturated rings. The van der Waals surface area contributed by atoms with E-state index in [-0.39, 0.29) is 5.91 Å². The Morgan fingerprint density at radius 2 is 2.21 bits per heavy atom. The number of benzene rings is 1. The van der Waals surface area contributed by atoms with E-state index in [0.717, 1.165) is 16.9 Å². The van der Waals surface area contributed by atoms with Gasteiger partial charge in [-0.1, -0.05) is 6.07 Å². The molecule has 100 valence electrons. The highest BCUT2D eigenvalue weighted by atomic mass is 16.1. The van der Waals surface area contributed by atoms with Crippen molar-refractivity contribution in [2.45, 2.75) is 13.5 Å². The van der Waals surface area contributed by atoms with Gasteiger partial charge in [0, 0.05) is 31.5 Å². The van der Waals surface area contributed by atoms with Crippen LogP contribution in [-0.4, -0.2) is 22.5 Å². The Labute approximate surface area is 112 Å². The number of rotatable bonds is 4. The van der Waals surface area contributed by atoms with Crippen molar-refractivity contribution in [3.63, 3.8) is 0 Å².